The minimum atomic E-state index is -0.310. The zero-order chi connectivity index (χ0) is 22.1. The van der Waals surface area contributed by atoms with Crippen molar-refractivity contribution in [3.05, 3.63) is 60.6 Å². The van der Waals surface area contributed by atoms with Crippen LogP contribution in [0.5, 0.6) is 11.5 Å². The van der Waals surface area contributed by atoms with Crippen LogP contribution in [0.15, 0.2) is 59.1 Å². The van der Waals surface area contributed by atoms with E-state index in [1.807, 2.05) is 31.2 Å². The van der Waals surface area contributed by atoms with Crippen LogP contribution in [0.25, 0.3) is 11.3 Å². The van der Waals surface area contributed by atoms with Gasteiger partial charge in [0.1, 0.15) is 11.5 Å². The topological polar surface area (TPSA) is 103 Å². The van der Waals surface area contributed by atoms with Gasteiger partial charge in [-0.15, -0.1) is 0 Å². The number of carbonyl (C=O) groups excluding carboxylic acids is 2. The van der Waals surface area contributed by atoms with E-state index >= 15 is 0 Å². The number of carbonyl (C=O) groups is 2. The van der Waals surface area contributed by atoms with Gasteiger partial charge in [0.2, 0.25) is 11.8 Å². The predicted octanol–water partition coefficient (Wildman–Crippen LogP) is 3.44. The van der Waals surface area contributed by atoms with Gasteiger partial charge in [-0.3, -0.25) is 9.59 Å². The van der Waals surface area contributed by atoms with Crippen LogP contribution in [-0.2, 0) is 16.0 Å². The molecule has 3 rings (SSSR count). The third-order valence-electron chi connectivity index (χ3n) is 4.39. The minimum absolute atomic E-state index is 0.116. The molecule has 0 saturated heterocycles. The van der Waals surface area contributed by atoms with E-state index in [4.69, 9.17) is 13.9 Å². The van der Waals surface area contributed by atoms with E-state index in [-0.39, 0.29) is 24.8 Å². The largest absolute Gasteiger partial charge is 0.497 e. The number of anilines is 1. The molecule has 2 amide bonds. The maximum absolute atomic E-state index is 12.0. The van der Waals surface area contributed by atoms with Gasteiger partial charge in [-0.05, 0) is 55.5 Å². The molecular weight excluding hydrogens is 398 g/mol. The van der Waals surface area contributed by atoms with Crippen molar-refractivity contribution in [1.82, 2.24) is 10.3 Å². The first-order valence-electron chi connectivity index (χ1n) is 9.96. The Kier molecular flexibility index (Phi) is 7.64. The molecule has 0 atom stereocenters. The number of aryl methyl sites for hydroxylation is 1. The fraction of sp³-hybridized carbons (Fsp3) is 0.261. The van der Waals surface area contributed by atoms with Crippen LogP contribution in [0.2, 0.25) is 0 Å². The van der Waals surface area contributed by atoms with Crippen molar-refractivity contribution in [2.45, 2.75) is 19.8 Å². The minimum Gasteiger partial charge on any atom is -0.497 e. The second kappa shape index (κ2) is 10.8. The molecule has 0 spiro atoms. The lowest BCUT2D eigenvalue weighted by atomic mass is 10.2. The fourth-order valence-corrected chi connectivity index (χ4v) is 2.81. The second-order valence-corrected chi connectivity index (χ2v) is 6.63. The maximum Gasteiger partial charge on any atom is 0.243 e. The Morgan fingerprint density at radius 1 is 1.00 bits per heavy atom. The molecular formula is C23H25N3O5. The molecule has 162 valence electrons. The number of nitrogens with one attached hydrogen (secondary N) is 2. The lowest BCUT2D eigenvalue weighted by Gasteiger charge is -2.08. The van der Waals surface area contributed by atoms with E-state index in [0.717, 1.165) is 17.1 Å². The van der Waals surface area contributed by atoms with Crippen LogP contribution in [0.4, 0.5) is 5.69 Å². The highest BCUT2D eigenvalue weighted by molar-refractivity contribution is 5.94. The van der Waals surface area contributed by atoms with Gasteiger partial charge >= 0.3 is 0 Å². The summed E-state index contributed by atoms with van der Waals surface area (Å²) in [5.41, 5.74) is 1.50. The monoisotopic (exact) mass is 423 g/mol. The van der Waals surface area contributed by atoms with Crippen molar-refractivity contribution < 1.29 is 23.5 Å². The van der Waals surface area contributed by atoms with E-state index in [0.29, 0.717) is 30.4 Å². The van der Waals surface area contributed by atoms with Crippen molar-refractivity contribution in [1.29, 1.82) is 0 Å². The molecule has 1 aromatic heterocycles. The summed E-state index contributed by atoms with van der Waals surface area (Å²) in [4.78, 5) is 28.3. The molecule has 1 heterocycles. The zero-order valence-electron chi connectivity index (χ0n) is 17.5. The van der Waals surface area contributed by atoms with E-state index in [1.165, 1.54) is 0 Å². The maximum atomic E-state index is 12.0. The molecule has 0 radical (unpaired) electrons. The summed E-state index contributed by atoms with van der Waals surface area (Å²) in [6.45, 7) is 2.36. The van der Waals surface area contributed by atoms with E-state index < -0.39 is 0 Å². The molecule has 0 unspecified atom stereocenters. The number of benzene rings is 2. The van der Waals surface area contributed by atoms with Crippen molar-refractivity contribution in [2.24, 2.45) is 0 Å². The number of rotatable bonds is 10. The predicted molar refractivity (Wildman–Crippen MR) is 116 cm³/mol. The normalized spacial score (nSPS) is 10.4. The number of aromatic nitrogens is 1. The molecule has 2 N–H and O–H groups in total. The van der Waals surface area contributed by atoms with Crippen molar-refractivity contribution in [3.8, 4) is 22.8 Å². The van der Waals surface area contributed by atoms with Gasteiger partial charge in [-0.25, -0.2) is 4.98 Å². The van der Waals surface area contributed by atoms with Gasteiger partial charge < -0.3 is 24.5 Å². The summed E-state index contributed by atoms with van der Waals surface area (Å²) in [6.07, 6.45) is 2.13. The molecule has 8 heteroatoms. The average molecular weight is 423 g/mol. The number of nitrogens with zero attached hydrogens (tertiary/aromatic N) is 1. The van der Waals surface area contributed by atoms with E-state index in [9.17, 15) is 9.59 Å². The summed E-state index contributed by atoms with van der Waals surface area (Å²) in [6, 6.07) is 14.5. The smallest absolute Gasteiger partial charge is 0.243 e. The Balaban J connectivity index is 1.40. The molecule has 0 fully saturated rings. The van der Waals surface area contributed by atoms with Crippen molar-refractivity contribution in [3.63, 3.8) is 0 Å². The number of methoxy groups -OCH3 is 1. The van der Waals surface area contributed by atoms with E-state index in [2.05, 4.69) is 15.6 Å². The number of hydrogen-bond acceptors (Lipinski definition) is 6. The summed E-state index contributed by atoms with van der Waals surface area (Å²) < 4.78 is 16.2. The Morgan fingerprint density at radius 3 is 2.39 bits per heavy atom. The molecule has 31 heavy (non-hydrogen) atoms. The number of amides is 2. The standard InChI is InChI=1S/C23H25N3O5/c1-3-30-19-10-6-17(7-11-19)26-22(28)15-24-21(27)12-13-23-25-14-20(31-23)16-4-8-18(29-2)9-5-16/h4-11,14H,3,12-13,15H2,1-2H3,(H,24,27)(H,26,28). The molecule has 8 nitrogen and oxygen atoms in total. The van der Waals surface area contributed by atoms with Gasteiger partial charge in [0, 0.05) is 24.1 Å². The van der Waals surface area contributed by atoms with Crippen LogP contribution in [-0.4, -0.2) is 37.1 Å². The van der Waals surface area contributed by atoms with Gasteiger partial charge in [-0.1, -0.05) is 0 Å². The molecule has 0 bridgehead atoms. The highest BCUT2D eigenvalue weighted by atomic mass is 16.5. The molecule has 3 aromatic rings. The highest BCUT2D eigenvalue weighted by Crippen LogP contribution is 2.23. The van der Waals surface area contributed by atoms with Crippen LogP contribution in [0, 0.1) is 0 Å². The third-order valence-corrected chi connectivity index (χ3v) is 4.39. The molecule has 0 aliphatic carbocycles. The second-order valence-electron chi connectivity index (χ2n) is 6.63. The van der Waals surface area contributed by atoms with Crippen molar-refractivity contribution >= 4 is 17.5 Å². The van der Waals surface area contributed by atoms with Crippen LogP contribution in [0.1, 0.15) is 19.2 Å². The number of oxazole rings is 1. The summed E-state index contributed by atoms with van der Waals surface area (Å²) in [5.74, 6) is 2.00. The fourth-order valence-electron chi connectivity index (χ4n) is 2.81. The first-order chi connectivity index (χ1) is 15.1. The third kappa shape index (κ3) is 6.60. The van der Waals surface area contributed by atoms with Crippen LogP contribution in [0.3, 0.4) is 0 Å². The van der Waals surface area contributed by atoms with Gasteiger partial charge in [-0.2, -0.15) is 0 Å². The summed E-state index contributed by atoms with van der Waals surface area (Å²) in [7, 11) is 1.61. The summed E-state index contributed by atoms with van der Waals surface area (Å²) >= 11 is 0. The number of hydrogen-bond donors (Lipinski definition) is 2. The number of ether oxygens (including phenoxy) is 2. The van der Waals surface area contributed by atoms with Gasteiger partial charge in [0.15, 0.2) is 11.7 Å². The first-order valence-corrected chi connectivity index (χ1v) is 9.96. The highest BCUT2D eigenvalue weighted by Gasteiger charge is 2.11. The lowest BCUT2D eigenvalue weighted by Crippen LogP contribution is -2.32. The molecule has 0 aliphatic heterocycles. The molecule has 0 aliphatic rings. The first kappa shape index (κ1) is 21.9. The Hall–Kier alpha value is -3.81. The SMILES string of the molecule is CCOc1ccc(NC(=O)CNC(=O)CCc2ncc(-c3ccc(OC)cc3)o2)cc1. The van der Waals surface area contributed by atoms with Crippen LogP contribution < -0.4 is 20.1 Å². The molecule has 0 saturated carbocycles. The Labute approximate surface area is 180 Å². The van der Waals surface area contributed by atoms with Gasteiger partial charge in [0.05, 0.1) is 26.5 Å². The Bertz CT molecular complexity index is 997. The summed E-state index contributed by atoms with van der Waals surface area (Å²) in [5, 5.41) is 5.32. The quantitative estimate of drug-likeness (QED) is 0.518. The van der Waals surface area contributed by atoms with Crippen molar-refractivity contribution in [2.75, 3.05) is 25.6 Å². The Morgan fingerprint density at radius 2 is 1.71 bits per heavy atom. The van der Waals surface area contributed by atoms with E-state index in [1.54, 1.807) is 37.6 Å². The molecule has 2 aromatic carbocycles. The zero-order valence-corrected chi connectivity index (χ0v) is 17.5. The lowest BCUT2D eigenvalue weighted by molar-refractivity contribution is -0.124. The average Bonchev–Trinajstić information content (AvgIpc) is 3.27. The van der Waals surface area contributed by atoms with Crippen LogP contribution >= 0.6 is 0 Å². The van der Waals surface area contributed by atoms with Gasteiger partial charge in [0.25, 0.3) is 0 Å².